The molecule has 0 unspecified atom stereocenters. The lowest BCUT2D eigenvalue weighted by molar-refractivity contribution is -0.116. The Hall–Kier alpha value is -2.18. The molecule has 138 valence electrons. The molecular formula is C20H24N2O3S. The van der Waals surface area contributed by atoms with Crippen molar-refractivity contribution in [3.8, 4) is 0 Å². The van der Waals surface area contributed by atoms with Gasteiger partial charge in [-0.25, -0.2) is 8.42 Å². The van der Waals surface area contributed by atoms with Crippen molar-refractivity contribution >= 4 is 21.6 Å². The average molecular weight is 372 g/mol. The first-order valence-corrected chi connectivity index (χ1v) is 10.3. The zero-order chi connectivity index (χ0) is 18.7. The fourth-order valence-corrected chi connectivity index (χ4v) is 4.58. The van der Waals surface area contributed by atoms with E-state index in [0.29, 0.717) is 42.4 Å². The van der Waals surface area contributed by atoms with Gasteiger partial charge < -0.3 is 5.32 Å². The first-order valence-electron chi connectivity index (χ1n) is 8.83. The lowest BCUT2D eigenvalue weighted by Crippen LogP contribution is -2.36. The maximum absolute atomic E-state index is 12.8. The number of nitrogens with zero attached hydrogens (tertiary/aromatic N) is 1. The Bertz CT molecular complexity index is 893. The van der Waals surface area contributed by atoms with Gasteiger partial charge in [-0.15, -0.1) is 0 Å². The molecule has 0 fully saturated rings. The molecule has 5 nitrogen and oxygen atoms in total. The van der Waals surface area contributed by atoms with Gasteiger partial charge >= 0.3 is 0 Å². The summed E-state index contributed by atoms with van der Waals surface area (Å²) in [5.41, 5.74) is 2.79. The fourth-order valence-electron chi connectivity index (χ4n) is 3.14. The van der Waals surface area contributed by atoms with E-state index in [-0.39, 0.29) is 5.91 Å². The smallest absolute Gasteiger partial charge is 0.243 e. The predicted octanol–water partition coefficient (Wildman–Crippen LogP) is 3.42. The molecular weight excluding hydrogens is 348 g/mol. The first-order chi connectivity index (χ1) is 12.4. The second-order valence-electron chi connectivity index (χ2n) is 7.03. The predicted molar refractivity (Wildman–Crippen MR) is 102 cm³/mol. The van der Waals surface area contributed by atoms with Crippen LogP contribution in [0.4, 0.5) is 5.69 Å². The van der Waals surface area contributed by atoms with E-state index in [9.17, 15) is 13.2 Å². The molecule has 6 heteroatoms. The highest BCUT2D eigenvalue weighted by atomic mass is 32.2. The summed E-state index contributed by atoms with van der Waals surface area (Å²) in [5, 5.41) is 2.90. The van der Waals surface area contributed by atoms with E-state index in [0.717, 1.165) is 11.1 Å². The summed E-state index contributed by atoms with van der Waals surface area (Å²) < 4.78 is 27.2. The third kappa shape index (κ3) is 4.14. The van der Waals surface area contributed by atoms with Crippen molar-refractivity contribution in [3.05, 3.63) is 59.7 Å². The molecule has 2 aromatic carbocycles. The van der Waals surface area contributed by atoms with Gasteiger partial charge in [0.25, 0.3) is 0 Å². The van der Waals surface area contributed by atoms with Crippen LogP contribution in [0.1, 0.15) is 31.4 Å². The number of nitrogens with one attached hydrogen (secondary N) is 1. The SMILES string of the molecule is CC(C)CC(=O)Nc1ccc2c(c1)CN(S(=O)(=O)c1ccccc1)CC2. The summed E-state index contributed by atoms with van der Waals surface area (Å²) in [7, 11) is -3.51. The van der Waals surface area contributed by atoms with Crippen LogP contribution in [0.15, 0.2) is 53.4 Å². The molecule has 0 aliphatic carbocycles. The molecule has 0 radical (unpaired) electrons. The molecule has 3 rings (SSSR count). The number of hydrogen-bond acceptors (Lipinski definition) is 3. The maximum atomic E-state index is 12.8. The molecule has 1 aliphatic heterocycles. The minimum absolute atomic E-state index is 0.0236. The molecule has 0 atom stereocenters. The van der Waals surface area contributed by atoms with Crippen LogP contribution in [0.5, 0.6) is 0 Å². The fraction of sp³-hybridized carbons (Fsp3) is 0.350. The zero-order valence-electron chi connectivity index (χ0n) is 15.1. The zero-order valence-corrected chi connectivity index (χ0v) is 15.9. The minimum Gasteiger partial charge on any atom is -0.326 e. The molecule has 0 spiro atoms. The van der Waals surface area contributed by atoms with Crippen molar-refractivity contribution in [1.82, 2.24) is 4.31 Å². The van der Waals surface area contributed by atoms with Crippen LogP contribution in [0.2, 0.25) is 0 Å². The number of rotatable bonds is 5. The van der Waals surface area contributed by atoms with Gasteiger partial charge in [-0.1, -0.05) is 38.1 Å². The minimum atomic E-state index is -3.51. The number of hydrogen-bond donors (Lipinski definition) is 1. The molecule has 1 heterocycles. The third-order valence-electron chi connectivity index (χ3n) is 4.44. The Kier molecular flexibility index (Phi) is 5.44. The first kappa shape index (κ1) is 18.6. The quantitative estimate of drug-likeness (QED) is 0.874. The Morgan fingerprint density at radius 1 is 1.12 bits per heavy atom. The van der Waals surface area contributed by atoms with Crippen molar-refractivity contribution in [2.45, 2.75) is 38.1 Å². The molecule has 0 bridgehead atoms. The summed E-state index contributed by atoms with van der Waals surface area (Å²) in [6, 6.07) is 14.3. The number of fused-ring (bicyclic) bond motifs is 1. The van der Waals surface area contributed by atoms with Crippen LogP contribution in [-0.4, -0.2) is 25.2 Å². The number of carbonyl (C=O) groups is 1. The molecule has 1 N–H and O–H groups in total. The number of amides is 1. The van der Waals surface area contributed by atoms with Crippen LogP contribution >= 0.6 is 0 Å². The Balaban J connectivity index is 1.79. The van der Waals surface area contributed by atoms with E-state index in [1.54, 1.807) is 30.3 Å². The molecule has 2 aromatic rings. The molecule has 0 aromatic heterocycles. The van der Waals surface area contributed by atoms with Gasteiger partial charge in [-0.2, -0.15) is 4.31 Å². The Morgan fingerprint density at radius 3 is 2.54 bits per heavy atom. The maximum Gasteiger partial charge on any atom is 0.243 e. The van der Waals surface area contributed by atoms with E-state index in [1.165, 1.54) is 4.31 Å². The van der Waals surface area contributed by atoms with E-state index in [4.69, 9.17) is 0 Å². The Morgan fingerprint density at radius 2 is 1.85 bits per heavy atom. The van der Waals surface area contributed by atoms with Crippen LogP contribution in [0.3, 0.4) is 0 Å². The normalized spacial score (nSPS) is 14.9. The summed E-state index contributed by atoms with van der Waals surface area (Å²) in [6.45, 7) is 4.78. The van der Waals surface area contributed by atoms with Crippen LogP contribution in [0.25, 0.3) is 0 Å². The summed E-state index contributed by atoms with van der Waals surface area (Å²) >= 11 is 0. The van der Waals surface area contributed by atoms with Gasteiger partial charge in [0.15, 0.2) is 0 Å². The van der Waals surface area contributed by atoms with Crippen LogP contribution < -0.4 is 5.32 Å². The van der Waals surface area contributed by atoms with Crippen LogP contribution in [-0.2, 0) is 27.8 Å². The van der Waals surface area contributed by atoms with Gasteiger partial charge in [0, 0.05) is 25.2 Å². The Labute approximate surface area is 155 Å². The number of anilines is 1. The lowest BCUT2D eigenvalue weighted by atomic mass is 10.0. The van der Waals surface area contributed by atoms with Gasteiger partial charge in [0.1, 0.15) is 0 Å². The van der Waals surface area contributed by atoms with E-state index >= 15 is 0 Å². The van der Waals surface area contributed by atoms with Crippen molar-refractivity contribution in [3.63, 3.8) is 0 Å². The van der Waals surface area contributed by atoms with Gasteiger partial charge in [0.05, 0.1) is 4.90 Å². The number of sulfonamides is 1. The monoisotopic (exact) mass is 372 g/mol. The van der Waals surface area contributed by atoms with Gasteiger partial charge in [0.2, 0.25) is 15.9 Å². The molecule has 1 amide bonds. The highest BCUT2D eigenvalue weighted by Crippen LogP contribution is 2.27. The molecule has 0 saturated carbocycles. The summed E-state index contributed by atoms with van der Waals surface area (Å²) in [5.74, 6) is 0.267. The van der Waals surface area contributed by atoms with E-state index in [1.807, 2.05) is 32.0 Å². The largest absolute Gasteiger partial charge is 0.326 e. The number of benzene rings is 2. The molecule has 1 aliphatic rings. The van der Waals surface area contributed by atoms with E-state index < -0.39 is 10.0 Å². The van der Waals surface area contributed by atoms with Crippen molar-refractivity contribution in [2.75, 3.05) is 11.9 Å². The molecule has 0 saturated heterocycles. The molecule has 26 heavy (non-hydrogen) atoms. The number of carbonyl (C=O) groups excluding carboxylic acids is 1. The van der Waals surface area contributed by atoms with Crippen molar-refractivity contribution in [1.29, 1.82) is 0 Å². The lowest BCUT2D eigenvalue weighted by Gasteiger charge is -2.28. The standard InChI is InChI=1S/C20H24N2O3S/c1-15(2)12-20(23)21-18-9-8-16-10-11-22(14-17(16)13-18)26(24,25)19-6-4-3-5-7-19/h3-9,13,15H,10-12,14H2,1-2H3,(H,21,23). The van der Waals surface area contributed by atoms with Crippen LogP contribution in [0, 0.1) is 5.92 Å². The van der Waals surface area contributed by atoms with Gasteiger partial charge in [-0.3, -0.25) is 4.79 Å². The third-order valence-corrected chi connectivity index (χ3v) is 6.30. The second kappa shape index (κ2) is 7.60. The second-order valence-corrected chi connectivity index (χ2v) is 8.97. The van der Waals surface area contributed by atoms with Crippen molar-refractivity contribution in [2.24, 2.45) is 5.92 Å². The topological polar surface area (TPSA) is 66.5 Å². The van der Waals surface area contributed by atoms with Gasteiger partial charge in [-0.05, 0) is 47.7 Å². The summed E-state index contributed by atoms with van der Waals surface area (Å²) in [4.78, 5) is 12.3. The highest BCUT2D eigenvalue weighted by molar-refractivity contribution is 7.89. The van der Waals surface area contributed by atoms with E-state index in [2.05, 4.69) is 5.32 Å². The van der Waals surface area contributed by atoms with Crippen molar-refractivity contribution < 1.29 is 13.2 Å². The summed E-state index contributed by atoms with van der Waals surface area (Å²) in [6.07, 6.45) is 1.13. The highest BCUT2D eigenvalue weighted by Gasteiger charge is 2.28. The average Bonchev–Trinajstić information content (AvgIpc) is 2.61.